The smallest absolute Gasteiger partial charge is 0.259 e. The zero-order chi connectivity index (χ0) is 21.5. The molecule has 0 saturated heterocycles. The summed E-state index contributed by atoms with van der Waals surface area (Å²) in [4.78, 5) is 38.7. The molecule has 31 heavy (non-hydrogen) atoms. The van der Waals surface area contributed by atoms with Gasteiger partial charge < -0.3 is 10.1 Å². The zero-order valence-corrected chi connectivity index (χ0v) is 16.6. The van der Waals surface area contributed by atoms with Gasteiger partial charge in [-0.05, 0) is 41.1 Å². The Morgan fingerprint density at radius 2 is 1.29 bits per heavy atom. The van der Waals surface area contributed by atoms with E-state index in [1.165, 1.54) is 7.11 Å². The number of amides is 1. The Morgan fingerprint density at radius 3 is 1.97 bits per heavy atom. The van der Waals surface area contributed by atoms with Gasteiger partial charge in [-0.3, -0.25) is 14.4 Å². The number of anilines is 1. The monoisotopic (exact) mass is 407 g/mol. The molecular formula is C26H17NO4. The van der Waals surface area contributed by atoms with Crippen molar-refractivity contribution in [2.24, 2.45) is 0 Å². The number of methoxy groups -OCH3 is 1. The van der Waals surface area contributed by atoms with Crippen molar-refractivity contribution < 1.29 is 19.1 Å². The van der Waals surface area contributed by atoms with E-state index in [1.807, 2.05) is 30.3 Å². The van der Waals surface area contributed by atoms with Crippen molar-refractivity contribution in [2.45, 2.75) is 0 Å². The molecule has 1 amide bonds. The lowest BCUT2D eigenvalue weighted by molar-refractivity contribution is 0.0979. The summed E-state index contributed by atoms with van der Waals surface area (Å²) in [7, 11) is 1.52. The van der Waals surface area contributed by atoms with Gasteiger partial charge in [0.05, 0.1) is 12.7 Å². The van der Waals surface area contributed by atoms with Crippen molar-refractivity contribution in [3.8, 4) is 5.75 Å². The third kappa shape index (κ3) is 3.07. The van der Waals surface area contributed by atoms with Crippen LogP contribution >= 0.6 is 0 Å². The molecule has 5 rings (SSSR count). The van der Waals surface area contributed by atoms with Gasteiger partial charge in [0.2, 0.25) is 0 Å². The highest BCUT2D eigenvalue weighted by Gasteiger charge is 2.29. The average Bonchev–Trinajstić information content (AvgIpc) is 2.81. The summed E-state index contributed by atoms with van der Waals surface area (Å²) in [6.45, 7) is 0. The summed E-state index contributed by atoms with van der Waals surface area (Å²) >= 11 is 0. The molecule has 5 nitrogen and oxygen atoms in total. The number of hydrogen-bond donors (Lipinski definition) is 1. The first-order chi connectivity index (χ1) is 15.1. The van der Waals surface area contributed by atoms with E-state index in [2.05, 4.69) is 5.32 Å². The second-order valence-electron chi connectivity index (χ2n) is 7.32. The molecule has 4 aromatic rings. The van der Waals surface area contributed by atoms with Gasteiger partial charge in [0.1, 0.15) is 5.75 Å². The second kappa shape index (κ2) is 7.22. The predicted molar refractivity (Wildman–Crippen MR) is 118 cm³/mol. The fourth-order valence-electron chi connectivity index (χ4n) is 3.94. The predicted octanol–water partition coefficient (Wildman–Crippen LogP) is 4.88. The van der Waals surface area contributed by atoms with Crippen molar-refractivity contribution in [3.05, 3.63) is 107 Å². The van der Waals surface area contributed by atoms with E-state index in [4.69, 9.17) is 4.74 Å². The average molecular weight is 407 g/mol. The fraction of sp³-hybridized carbons (Fsp3) is 0.0385. The quantitative estimate of drug-likeness (QED) is 0.463. The SMILES string of the molecule is COc1cc2ccccc2cc1C(=O)Nc1ccc2c(c1)C(=O)c1ccccc1C2=O. The van der Waals surface area contributed by atoms with Gasteiger partial charge in [0.25, 0.3) is 5.91 Å². The number of carbonyl (C=O) groups excluding carboxylic acids is 3. The minimum absolute atomic E-state index is 0.195. The molecule has 0 saturated carbocycles. The number of nitrogens with one attached hydrogen (secondary N) is 1. The summed E-state index contributed by atoms with van der Waals surface area (Å²) < 4.78 is 5.41. The fourth-order valence-corrected chi connectivity index (χ4v) is 3.94. The van der Waals surface area contributed by atoms with E-state index in [1.54, 1.807) is 48.5 Å². The van der Waals surface area contributed by atoms with E-state index in [0.717, 1.165) is 10.8 Å². The minimum atomic E-state index is -0.363. The summed E-state index contributed by atoms with van der Waals surface area (Å²) in [6.07, 6.45) is 0. The van der Waals surface area contributed by atoms with Gasteiger partial charge in [0, 0.05) is 27.9 Å². The first kappa shape index (κ1) is 18.8. The topological polar surface area (TPSA) is 72.5 Å². The van der Waals surface area contributed by atoms with Crippen molar-refractivity contribution >= 4 is 33.9 Å². The Hall–Kier alpha value is -4.25. The number of ketones is 2. The molecule has 5 heteroatoms. The van der Waals surface area contributed by atoms with Gasteiger partial charge in [-0.15, -0.1) is 0 Å². The Balaban J connectivity index is 1.51. The lowest BCUT2D eigenvalue weighted by atomic mass is 9.84. The molecule has 0 bridgehead atoms. The minimum Gasteiger partial charge on any atom is -0.496 e. The van der Waals surface area contributed by atoms with Gasteiger partial charge in [-0.1, -0.05) is 48.5 Å². The maximum Gasteiger partial charge on any atom is 0.259 e. The molecule has 0 radical (unpaired) electrons. The van der Waals surface area contributed by atoms with E-state index < -0.39 is 0 Å². The Bertz CT molecular complexity index is 1400. The first-order valence-corrected chi connectivity index (χ1v) is 9.77. The molecule has 0 heterocycles. The number of benzene rings is 4. The molecule has 0 aliphatic heterocycles. The van der Waals surface area contributed by atoms with E-state index in [9.17, 15) is 14.4 Å². The highest BCUT2D eigenvalue weighted by Crippen LogP contribution is 2.30. The van der Waals surface area contributed by atoms with Gasteiger partial charge in [0.15, 0.2) is 11.6 Å². The number of carbonyl (C=O) groups is 3. The molecule has 4 aromatic carbocycles. The second-order valence-corrected chi connectivity index (χ2v) is 7.32. The normalized spacial score (nSPS) is 12.3. The molecule has 1 N–H and O–H groups in total. The highest BCUT2D eigenvalue weighted by molar-refractivity contribution is 6.28. The molecule has 0 aromatic heterocycles. The lowest BCUT2D eigenvalue weighted by Gasteiger charge is -2.18. The molecule has 0 fully saturated rings. The van der Waals surface area contributed by atoms with Crippen LogP contribution in [0.5, 0.6) is 5.75 Å². The number of fused-ring (bicyclic) bond motifs is 3. The molecule has 0 spiro atoms. The van der Waals surface area contributed by atoms with Crippen LogP contribution in [-0.2, 0) is 0 Å². The standard InChI is InChI=1S/C26H17NO4/c1-31-23-13-16-7-3-2-6-15(16)12-22(23)26(30)27-17-10-11-20-21(14-17)25(29)19-9-5-4-8-18(19)24(20)28/h2-14H,1H3,(H,27,30). The zero-order valence-electron chi connectivity index (χ0n) is 16.6. The molecule has 150 valence electrons. The largest absolute Gasteiger partial charge is 0.496 e. The van der Waals surface area contributed by atoms with Crippen LogP contribution in [0.25, 0.3) is 10.8 Å². The number of ether oxygens (including phenoxy) is 1. The maximum absolute atomic E-state index is 13.0. The summed E-state index contributed by atoms with van der Waals surface area (Å²) in [5.74, 6) is -0.337. The Labute approximate surface area is 178 Å². The lowest BCUT2D eigenvalue weighted by Crippen LogP contribution is -2.21. The summed E-state index contributed by atoms with van der Waals surface area (Å²) in [5.41, 5.74) is 2.21. The molecule has 0 atom stereocenters. The maximum atomic E-state index is 13.0. The Kier molecular flexibility index (Phi) is 4.37. The Morgan fingerprint density at radius 1 is 0.710 bits per heavy atom. The molecule has 1 aliphatic rings. The molecule has 0 unspecified atom stereocenters. The van der Waals surface area contributed by atoms with E-state index in [-0.39, 0.29) is 23.0 Å². The van der Waals surface area contributed by atoms with Crippen molar-refractivity contribution in [3.63, 3.8) is 0 Å². The van der Waals surface area contributed by atoms with Crippen LogP contribution in [-0.4, -0.2) is 24.6 Å². The third-order valence-electron chi connectivity index (χ3n) is 5.50. The van der Waals surface area contributed by atoms with Crippen LogP contribution in [0.1, 0.15) is 42.2 Å². The van der Waals surface area contributed by atoms with Crippen molar-refractivity contribution in [1.82, 2.24) is 0 Å². The van der Waals surface area contributed by atoms with Gasteiger partial charge in [-0.2, -0.15) is 0 Å². The highest BCUT2D eigenvalue weighted by atomic mass is 16.5. The first-order valence-electron chi connectivity index (χ1n) is 9.77. The summed E-state index contributed by atoms with van der Waals surface area (Å²) in [5, 5.41) is 4.70. The van der Waals surface area contributed by atoms with Crippen LogP contribution in [0, 0.1) is 0 Å². The van der Waals surface area contributed by atoms with Crippen molar-refractivity contribution in [1.29, 1.82) is 0 Å². The van der Waals surface area contributed by atoms with E-state index >= 15 is 0 Å². The molecular weight excluding hydrogens is 390 g/mol. The summed E-state index contributed by atoms with van der Waals surface area (Å²) in [6, 6.07) is 22.8. The van der Waals surface area contributed by atoms with Crippen LogP contribution in [0.4, 0.5) is 5.69 Å². The van der Waals surface area contributed by atoms with Crippen LogP contribution in [0.15, 0.2) is 78.9 Å². The van der Waals surface area contributed by atoms with Crippen LogP contribution in [0.2, 0.25) is 0 Å². The van der Waals surface area contributed by atoms with Gasteiger partial charge >= 0.3 is 0 Å². The van der Waals surface area contributed by atoms with Gasteiger partial charge in [-0.25, -0.2) is 0 Å². The van der Waals surface area contributed by atoms with E-state index in [0.29, 0.717) is 33.7 Å². The van der Waals surface area contributed by atoms with Crippen LogP contribution < -0.4 is 10.1 Å². The molecule has 1 aliphatic carbocycles. The van der Waals surface area contributed by atoms with Crippen LogP contribution in [0.3, 0.4) is 0 Å². The number of hydrogen-bond acceptors (Lipinski definition) is 4. The third-order valence-corrected chi connectivity index (χ3v) is 5.50. The van der Waals surface area contributed by atoms with Crippen molar-refractivity contribution in [2.75, 3.05) is 12.4 Å². The number of rotatable bonds is 3.